The summed E-state index contributed by atoms with van der Waals surface area (Å²) in [4.78, 5) is 51.7. The zero-order valence-corrected chi connectivity index (χ0v) is 27.4. The average molecular weight is 597 g/mol. The van der Waals surface area contributed by atoms with Gasteiger partial charge in [-0.15, -0.1) is 0 Å². The number of carboxylic acid groups (broad SMARTS) is 1. The molecular formula is C34H60O8. The van der Waals surface area contributed by atoms with Gasteiger partial charge in [0, 0.05) is 0 Å². The lowest BCUT2D eigenvalue weighted by atomic mass is 9.68. The molecule has 0 heterocycles. The third-order valence-electron chi connectivity index (χ3n) is 8.22. The van der Waals surface area contributed by atoms with Crippen molar-refractivity contribution in [2.45, 2.75) is 131 Å². The van der Waals surface area contributed by atoms with Crippen molar-refractivity contribution in [3.05, 3.63) is 0 Å². The Hall–Kier alpha value is -2.12. The highest BCUT2D eigenvalue weighted by Crippen LogP contribution is 2.40. The van der Waals surface area contributed by atoms with E-state index in [2.05, 4.69) is 41.5 Å². The first kappa shape index (κ1) is 37.9. The first-order valence-corrected chi connectivity index (χ1v) is 16.7. The molecule has 42 heavy (non-hydrogen) atoms. The number of rotatable bonds is 22. The summed E-state index contributed by atoms with van der Waals surface area (Å²) in [5.41, 5.74) is 0. The second kappa shape index (κ2) is 21.6. The van der Waals surface area contributed by atoms with E-state index in [0.717, 1.165) is 64.2 Å². The molecule has 1 rings (SSSR count). The van der Waals surface area contributed by atoms with Crippen molar-refractivity contribution in [3.8, 4) is 0 Å². The first-order valence-electron chi connectivity index (χ1n) is 16.7. The molecule has 244 valence electrons. The summed E-state index contributed by atoms with van der Waals surface area (Å²) < 4.78 is 16.6. The van der Waals surface area contributed by atoms with Crippen molar-refractivity contribution < 1.29 is 38.5 Å². The van der Waals surface area contributed by atoms with Crippen LogP contribution < -0.4 is 0 Å². The van der Waals surface area contributed by atoms with Crippen LogP contribution in [0.5, 0.6) is 0 Å². The number of hydrogen-bond donors (Lipinski definition) is 1. The van der Waals surface area contributed by atoms with E-state index in [4.69, 9.17) is 14.2 Å². The minimum atomic E-state index is -1.17. The summed E-state index contributed by atoms with van der Waals surface area (Å²) in [6, 6.07) is 0. The van der Waals surface area contributed by atoms with Crippen molar-refractivity contribution in [2.24, 2.45) is 41.4 Å². The van der Waals surface area contributed by atoms with Crippen LogP contribution in [-0.2, 0) is 33.4 Å². The number of esters is 3. The van der Waals surface area contributed by atoms with Gasteiger partial charge in [0.05, 0.1) is 43.5 Å². The number of carboxylic acids is 1. The standard InChI is InChI=1S/C34H60O8/c1-24(2)16-10-7-13-19-40-32(37)28-23-30(34(39)42-21-15-9-12-18-26(5)6)29(22-27(28)31(35)36)33(38)41-20-14-8-11-17-25(3)4/h24-30H,7-23H2,1-6H3,(H,35,36). The Morgan fingerprint density at radius 3 is 1.07 bits per heavy atom. The molecule has 0 spiro atoms. The van der Waals surface area contributed by atoms with E-state index in [1.807, 2.05) is 0 Å². The van der Waals surface area contributed by atoms with Gasteiger partial charge in [-0.1, -0.05) is 99.3 Å². The highest BCUT2D eigenvalue weighted by atomic mass is 16.5. The van der Waals surface area contributed by atoms with Crippen molar-refractivity contribution in [1.82, 2.24) is 0 Å². The fourth-order valence-electron chi connectivity index (χ4n) is 5.59. The third-order valence-corrected chi connectivity index (χ3v) is 8.22. The van der Waals surface area contributed by atoms with Crippen LogP contribution >= 0.6 is 0 Å². The molecule has 1 aliphatic carbocycles. The number of aliphatic carboxylic acids is 1. The highest BCUT2D eigenvalue weighted by Gasteiger charge is 2.50. The number of unbranched alkanes of at least 4 members (excludes halogenated alkanes) is 6. The van der Waals surface area contributed by atoms with Gasteiger partial charge in [-0.2, -0.15) is 0 Å². The molecule has 0 aromatic rings. The molecule has 0 aliphatic heterocycles. The molecule has 0 aromatic heterocycles. The number of hydrogen-bond acceptors (Lipinski definition) is 7. The molecule has 1 fully saturated rings. The monoisotopic (exact) mass is 596 g/mol. The van der Waals surface area contributed by atoms with E-state index in [1.165, 1.54) is 0 Å². The van der Waals surface area contributed by atoms with Crippen LogP contribution in [0.25, 0.3) is 0 Å². The minimum absolute atomic E-state index is 0.0938. The van der Waals surface area contributed by atoms with Gasteiger partial charge in [-0.3, -0.25) is 19.2 Å². The first-order chi connectivity index (χ1) is 19.9. The van der Waals surface area contributed by atoms with E-state index in [1.54, 1.807) is 0 Å². The molecule has 4 unspecified atom stereocenters. The SMILES string of the molecule is CC(C)CCCCCOC(=O)C1CC(C(=O)OCCCCCC(C)C)C(C(=O)OCCCCCC(C)C)CC1C(=O)O. The van der Waals surface area contributed by atoms with E-state index < -0.39 is 47.5 Å². The summed E-state index contributed by atoms with van der Waals surface area (Å²) >= 11 is 0. The Morgan fingerprint density at radius 2 is 0.786 bits per heavy atom. The molecule has 1 N–H and O–H groups in total. The van der Waals surface area contributed by atoms with E-state index in [0.29, 0.717) is 30.6 Å². The highest BCUT2D eigenvalue weighted by molar-refractivity contribution is 5.87. The van der Waals surface area contributed by atoms with Gasteiger partial charge >= 0.3 is 23.9 Å². The predicted molar refractivity (Wildman–Crippen MR) is 164 cm³/mol. The summed E-state index contributed by atoms with van der Waals surface area (Å²) in [6.45, 7) is 13.7. The smallest absolute Gasteiger partial charge is 0.309 e. The van der Waals surface area contributed by atoms with Crippen LogP contribution in [0.15, 0.2) is 0 Å². The third kappa shape index (κ3) is 15.9. The normalized spacial score (nSPS) is 20.6. The minimum Gasteiger partial charge on any atom is -0.481 e. The zero-order valence-electron chi connectivity index (χ0n) is 27.4. The van der Waals surface area contributed by atoms with Gasteiger partial charge in [0.1, 0.15) is 0 Å². The molecule has 4 atom stereocenters. The van der Waals surface area contributed by atoms with E-state index in [-0.39, 0.29) is 32.7 Å². The molecule has 8 heteroatoms. The quantitative estimate of drug-likeness (QED) is 0.0771. The molecule has 8 nitrogen and oxygen atoms in total. The van der Waals surface area contributed by atoms with Crippen LogP contribution in [0.4, 0.5) is 0 Å². The molecule has 0 amide bonds. The lowest BCUT2D eigenvalue weighted by molar-refractivity contribution is -0.174. The fourth-order valence-corrected chi connectivity index (χ4v) is 5.59. The average Bonchev–Trinajstić information content (AvgIpc) is 2.92. The Kier molecular flexibility index (Phi) is 19.4. The number of carbonyl (C=O) groups excluding carboxylic acids is 3. The summed E-state index contributed by atoms with van der Waals surface area (Å²) in [5.74, 6) is -5.11. The topological polar surface area (TPSA) is 116 Å². The molecule has 0 radical (unpaired) electrons. The molecule has 0 saturated heterocycles. The Morgan fingerprint density at radius 1 is 0.500 bits per heavy atom. The molecule has 1 saturated carbocycles. The van der Waals surface area contributed by atoms with Crippen molar-refractivity contribution in [3.63, 3.8) is 0 Å². The van der Waals surface area contributed by atoms with Crippen molar-refractivity contribution in [2.75, 3.05) is 19.8 Å². The van der Waals surface area contributed by atoms with Crippen LogP contribution in [0.1, 0.15) is 131 Å². The van der Waals surface area contributed by atoms with Gasteiger partial charge in [0.25, 0.3) is 0 Å². The van der Waals surface area contributed by atoms with Crippen LogP contribution in [0.2, 0.25) is 0 Å². The van der Waals surface area contributed by atoms with Gasteiger partial charge < -0.3 is 19.3 Å². The Labute approximate surface area is 255 Å². The maximum Gasteiger partial charge on any atom is 0.309 e. The number of carbonyl (C=O) groups is 4. The largest absolute Gasteiger partial charge is 0.481 e. The van der Waals surface area contributed by atoms with Crippen molar-refractivity contribution >= 4 is 23.9 Å². The molecule has 0 aromatic carbocycles. The zero-order chi connectivity index (χ0) is 31.5. The van der Waals surface area contributed by atoms with Gasteiger partial charge in [0.15, 0.2) is 0 Å². The van der Waals surface area contributed by atoms with Crippen LogP contribution in [0, 0.1) is 41.4 Å². The van der Waals surface area contributed by atoms with E-state index in [9.17, 15) is 24.3 Å². The maximum absolute atomic E-state index is 13.2. The summed E-state index contributed by atoms with van der Waals surface area (Å²) in [6.07, 6.45) is 11.2. The Balaban J connectivity index is 2.84. The second-order valence-corrected chi connectivity index (χ2v) is 13.5. The van der Waals surface area contributed by atoms with Crippen LogP contribution in [-0.4, -0.2) is 48.8 Å². The van der Waals surface area contributed by atoms with E-state index >= 15 is 0 Å². The van der Waals surface area contributed by atoms with Crippen molar-refractivity contribution in [1.29, 1.82) is 0 Å². The van der Waals surface area contributed by atoms with Gasteiger partial charge in [-0.25, -0.2) is 0 Å². The maximum atomic E-state index is 13.2. The molecule has 0 bridgehead atoms. The lowest BCUT2D eigenvalue weighted by Crippen LogP contribution is -2.46. The van der Waals surface area contributed by atoms with Crippen LogP contribution in [0.3, 0.4) is 0 Å². The molecule has 1 aliphatic rings. The summed E-state index contributed by atoms with van der Waals surface area (Å²) in [5, 5.41) is 9.98. The van der Waals surface area contributed by atoms with Gasteiger partial charge in [0.2, 0.25) is 0 Å². The van der Waals surface area contributed by atoms with Gasteiger partial charge in [-0.05, 0) is 49.9 Å². The number of ether oxygens (including phenoxy) is 3. The summed E-state index contributed by atoms with van der Waals surface area (Å²) in [7, 11) is 0. The second-order valence-electron chi connectivity index (χ2n) is 13.5. The fraction of sp³-hybridized carbons (Fsp3) is 0.882. The lowest BCUT2D eigenvalue weighted by Gasteiger charge is -2.36. The Bertz CT molecular complexity index is 790. The molecular weight excluding hydrogens is 536 g/mol. The predicted octanol–water partition coefficient (Wildman–Crippen LogP) is 7.61.